The quantitative estimate of drug-likeness (QED) is 0.835. The van der Waals surface area contributed by atoms with Gasteiger partial charge in [0.25, 0.3) is 0 Å². The highest BCUT2D eigenvalue weighted by molar-refractivity contribution is 5.80. The van der Waals surface area contributed by atoms with Gasteiger partial charge in [-0.3, -0.25) is 4.90 Å². The molecule has 1 heterocycles. The van der Waals surface area contributed by atoms with Gasteiger partial charge in [0.05, 0.1) is 6.54 Å². The van der Waals surface area contributed by atoms with Gasteiger partial charge in [-0.2, -0.15) is 0 Å². The molecule has 0 atom stereocenters. The summed E-state index contributed by atoms with van der Waals surface area (Å²) in [5.74, 6) is 6.59. The molecule has 0 radical (unpaired) electrons. The first-order valence-electron chi connectivity index (χ1n) is 9.39. The van der Waals surface area contributed by atoms with E-state index in [1.807, 2.05) is 36.4 Å². The molecule has 0 bridgehead atoms. The van der Waals surface area contributed by atoms with E-state index in [1.54, 1.807) is 0 Å². The number of hydrogen-bond donors (Lipinski definition) is 1. The van der Waals surface area contributed by atoms with Gasteiger partial charge in [0, 0.05) is 6.42 Å². The molecule has 128 valence electrons. The third-order valence-corrected chi connectivity index (χ3v) is 5.51. The van der Waals surface area contributed by atoms with Crippen LogP contribution < -0.4 is 0 Å². The summed E-state index contributed by atoms with van der Waals surface area (Å²) >= 11 is 0. The van der Waals surface area contributed by atoms with Crippen LogP contribution >= 0.6 is 0 Å². The van der Waals surface area contributed by atoms with Crippen molar-refractivity contribution in [1.29, 1.82) is 0 Å². The number of rotatable bonds is 2. The van der Waals surface area contributed by atoms with Crippen LogP contribution in [0, 0.1) is 11.8 Å². The van der Waals surface area contributed by atoms with Crippen LogP contribution in [-0.4, -0.2) is 29.6 Å². The molecule has 0 spiro atoms. The van der Waals surface area contributed by atoms with Gasteiger partial charge in [-0.15, -0.1) is 0 Å². The van der Waals surface area contributed by atoms with E-state index >= 15 is 0 Å². The summed E-state index contributed by atoms with van der Waals surface area (Å²) < 4.78 is 0. The number of fused-ring (bicyclic) bond motifs is 3. The highest BCUT2D eigenvalue weighted by Gasteiger charge is 2.40. The Balaban J connectivity index is 1.55. The largest absolute Gasteiger partial charge is 0.379 e. The zero-order valence-electron chi connectivity index (χ0n) is 14.7. The molecule has 1 fully saturated rings. The van der Waals surface area contributed by atoms with Gasteiger partial charge in [0.1, 0.15) is 5.60 Å². The van der Waals surface area contributed by atoms with Crippen LogP contribution in [0.3, 0.4) is 0 Å². The highest BCUT2D eigenvalue weighted by atomic mass is 16.3. The van der Waals surface area contributed by atoms with Crippen LogP contribution in [0.5, 0.6) is 0 Å². The molecule has 1 N–H and O–H groups in total. The van der Waals surface area contributed by atoms with Crippen molar-refractivity contribution < 1.29 is 5.11 Å². The van der Waals surface area contributed by atoms with E-state index in [4.69, 9.17) is 0 Å². The first kappa shape index (κ1) is 16.4. The van der Waals surface area contributed by atoms with Crippen LogP contribution in [0.2, 0.25) is 0 Å². The minimum absolute atomic E-state index is 0.453. The van der Waals surface area contributed by atoms with Gasteiger partial charge in [-0.1, -0.05) is 73.2 Å². The molecule has 2 heteroatoms. The van der Waals surface area contributed by atoms with E-state index in [9.17, 15) is 5.11 Å². The van der Waals surface area contributed by atoms with E-state index in [2.05, 4.69) is 28.9 Å². The smallest absolute Gasteiger partial charge is 0.127 e. The Bertz CT molecular complexity index is 761. The summed E-state index contributed by atoms with van der Waals surface area (Å²) in [6, 6.07) is 16.3. The van der Waals surface area contributed by atoms with E-state index in [-0.39, 0.29) is 0 Å². The number of nitrogens with zero attached hydrogens (tertiary/aromatic N) is 1. The molecule has 2 nitrogen and oxygen atoms in total. The predicted molar refractivity (Wildman–Crippen MR) is 102 cm³/mol. The lowest BCUT2D eigenvalue weighted by Gasteiger charge is -2.23. The van der Waals surface area contributed by atoms with E-state index in [1.165, 1.54) is 25.7 Å². The van der Waals surface area contributed by atoms with Crippen molar-refractivity contribution in [3.05, 3.63) is 59.7 Å². The summed E-state index contributed by atoms with van der Waals surface area (Å²) in [5, 5.41) is 11.5. The zero-order valence-corrected chi connectivity index (χ0v) is 14.7. The third-order valence-electron chi connectivity index (χ3n) is 5.51. The molecule has 4 rings (SSSR count). The molecule has 0 amide bonds. The van der Waals surface area contributed by atoms with Crippen molar-refractivity contribution in [2.75, 3.05) is 19.6 Å². The Morgan fingerprint density at radius 1 is 0.800 bits per heavy atom. The molecule has 1 aliphatic heterocycles. The molecule has 25 heavy (non-hydrogen) atoms. The Labute approximate surface area is 150 Å². The Hall–Kier alpha value is -2.08. The average Bonchev–Trinajstić information content (AvgIpc) is 2.82. The van der Waals surface area contributed by atoms with Crippen molar-refractivity contribution in [3.63, 3.8) is 0 Å². The molecule has 2 aliphatic rings. The van der Waals surface area contributed by atoms with Crippen LogP contribution in [0.1, 0.15) is 43.2 Å². The molecule has 0 aromatic heterocycles. The van der Waals surface area contributed by atoms with Crippen LogP contribution in [0.25, 0.3) is 11.1 Å². The second-order valence-corrected chi connectivity index (χ2v) is 7.17. The van der Waals surface area contributed by atoms with Gasteiger partial charge >= 0.3 is 0 Å². The Kier molecular flexibility index (Phi) is 4.61. The first-order valence-corrected chi connectivity index (χ1v) is 9.39. The van der Waals surface area contributed by atoms with Crippen molar-refractivity contribution in [1.82, 2.24) is 4.90 Å². The fourth-order valence-electron chi connectivity index (χ4n) is 4.15. The number of hydrogen-bond acceptors (Lipinski definition) is 2. The summed E-state index contributed by atoms with van der Waals surface area (Å²) in [7, 11) is 0. The average molecular weight is 331 g/mol. The zero-order chi connectivity index (χ0) is 17.1. The van der Waals surface area contributed by atoms with E-state index in [0.29, 0.717) is 6.42 Å². The van der Waals surface area contributed by atoms with Crippen LogP contribution in [-0.2, 0) is 5.60 Å². The van der Waals surface area contributed by atoms with Crippen molar-refractivity contribution in [2.24, 2.45) is 0 Å². The Morgan fingerprint density at radius 2 is 1.36 bits per heavy atom. The molecule has 1 aliphatic carbocycles. The number of benzene rings is 2. The van der Waals surface area contributed by atoms with Crippen molar-refractivity contribution in [2.45, 2.75) is 37.7 Å². The molecular formula is C23H25NO. The van der Waals surface area contributed by atoms with Crippen molar-refractivity contribution in [3.8, 4) is 23.0 Å². The van der Waals surface area contributed by atoms with Gasteiger partial charge in [-0.05, 0) is 48.2 Å². The molecular weight excluding hydrogens is 306 g/mol. The lowest BCUT2D eigenvalue weighted by atomic mass is 9.88. The highest BCUT2D eigenvalue weighted by Crippen LogP contribution is 2.48. The standard InChI is InChI=1S/C23H25NO/c25-23(15-7-10-18-24-16-8-1-2-9-17-24)21-13-5-3-11-19(21)20-12-4-6-14-22(20)23/h3-6,11-14,25H,1-2,8-9,15-18H2. The topological polar surface area (TPSA) is 23.5 Å². The SMILES string of the molecule is OC1(CC#CCN2CCCCCC2)c2ccccc2-c2ccccc21. The van der Waals surface area contributed by atoms with Crippen LogP contribution in [0.15, 0.2) is 48.5 Å². The third kappa shape index (κ3) is 3.11. The first-order chi connectivity index (χ1) is 12.3. The maximum absolute atomic E-state index is 11.5. The van der Waals surface area contributed by atoms with Gasteiger partial charge in [0.2, 0.25) is 0 Å². The van der Waals surface area contributed by atoms with Gasteiger partial charge in [-0.25, -0.2) is 0 Å². The van der Waals surface area contributed by atoms with Gasteiger partial charge in [0.15, 0.2) is 0 Å². The summed E-state index contributed by atoms with van der Waals surface area (Å²) in [4.78, 5) is 2.45. The predicted octanol–water partition coefficient (Wildman–Crippen LogP) is 4.17. The monoisotopic (exact) mass is 331 g/mol. The number of aliphatic hydroxyl groups is 1. The lowest BCUT2D eigenvalue weighted by molar-refractivity contribution is 0.0914. The molecule has 0 unspecified atom stereocenters. The minimum Gasteiger partial charge on any atom is -0.379 e. The molecule has 0 saturated carbocycles. The lowest BCUT2D eigenvalue weighted by Crippen LogP contribution is -2.25. The minimum atomic E-state index is -0.987. The Morgan fingerprint density at radius 3 is 1.96 bits per heavy atom. The second-order valence-electron chi connectivity index (χ2n) is 7.17. The molecule has 1 saturated heterocycles. The van der Waals surface area contributed by atoms with Crippen molar-refractivity contribution >= 4 is 0 Å². The van der Waals surface area contributed by atoms with Gasteiger partial charge < -0.3 is 5.11 Å². The maximum Gasteiger partial charge on any atom is 0.127 e. The summed E-state index contributed by atoms with van der Waals surface area (Å²) in [6.45, 7) is 3.13. The number of likely N-dealkylation sites (tertiary alicyclic amines) is 1. The summed E-state index contributed by atoms with van der Waals surface area (Å²) in [6.07, 6.45) is 5.71. The maximum atomic E-state index is 11.5. The summed E-state index contributed by atoms with van der Waals surface area (Å²) in [5.41, 5.74) is 3.25. The molecule has 2 aromatic rings. The normalized spacial score (nSPS) is 18.6. The fraction of sp³-hybridized carbons (Fsp3) is 0.391. The van der Waals surface area contributed by atoms with E-state index < -0.39 is 5.60 Å². The molecule has 2 aromatic carbocycles. The van der Waals surface area contributed by atoms with E-state index in [0.717, 1.165) is 41.9 Å². The van der Waals surface area contributed by atoms with Crippen LogP contribution in [0.4, 0.5) is 0 Å². The second kappa shape index (κ2) is 7.04. The fourth-order valence-corrected chi connectivity index (χ4v) is 4.15.